The zero-order valence-electron chi connectivity index (χ0n) is 24.4. The van der Waals surface area contributed by atoms with E-state index >= 15 is 0 Å². The van der Waals surface area contributed by atoms with Crippen LogP contribution >= 0.6 is 11.6 Å². The lowest BCUT2D eigenvalue weighted by Crippen LogP contribution is -2.52. The molecule has 3 rings (SSSR count). The highest BCUT2D eigenvalue weighted by molar-refractivity contribution is 7.92. The maximum Gasteiger partial charge on any atom is 0.264 e. The summed E-state index contributed by atoms with van der Waals surface area (Å²) in [5.41, 5.74) is 0.746. The lowest BCUT2D eigenvalue weighted by Gasteiger charge is -2.33. The standard InChI is InChI=1S/C31H38ClN3O6S/c1-5-7-19-33-31(37)27(6-2)34(21-23-13-11-12-16-26(23)32)30(36)22-35(42(38,39)25-14-9-8-10-15-25)28-20-24(40-3)17-18-29(28)41-4/h8-18,20,27H,5-7,19,21-22H2,1-4H3,(H,33,37)/t27-/m0/s1. The number of halogens is 1. The molecule has 42 heavy (non-hydrogen) atoms. The minimum Gasteiger partial charge on any atom is -0.497 e. The number of ether oxygens (including phenoxy) is 2. The molecule has 0 bridgehead atoms. The van der Waals surface area contributed by atoms with Crippen LogP contribution < -0.4 is 19.1 Å². The second-order valence-electron chi connectivity index (χ2n) is 9.54. The van der Waals surface area contributed by atoms with Gasteiger partial charge in [0.25, 0.3) is 10.0 Å². The van der Waals surface area contributed by atoms with Gasteiger partial charge in [-0.3, -0.25) is 13.9 Å². The number of anilines is 1. The first kappa shape index (κ1) is 32.8. The Balaban J connectivity index is 2.12. The summed E-state index contributed by atoms with van der Waals surface area (Å²) in [5, 5.41) is 3.34. The Labute approximate surface area is 253 Å². The largest absolute Gasteiger partial charge is 0.497 e. The minimum atomic E-state index is -4.27. The van der Waals surface area contributed by atoms with Crippen LogP contribution in [0.3, 0.4) is 0 Å². The molecule has 0 unspecified atom stereocenters. The van der Waals surface area contributed by atoms with Crippen LogP contribution in [0.15, 0.2) is 77.7 Å². The van der Waals surface area contributed by atoms with E-state index in [-0.39, 0.29) is 28.8 Å². The first-order valence-electron chi connectivity index (χ1n) is 13.8. The molecule has 0 radical (unpaired) electrons. The van der Waals surface area contributed by atoms with Gasteiger partial charge < -0.3 is 19.7 Å². The van der Waals surface area contributed by atoms with E-state index in [4.69, 9.17) is 21.1 Å². The molecule has 3 aromatic rings. The predicted molar refractivity (Wildman–Crippen MR) is 165 cm³/mol. The van der Waals surface area contributed by atoms with Crippen molar-refractivity contribution in [3.8, 4) is 11.5 Å². The Hall–Kier alpha value is -3.76. The summed E-state index contributed by atoms with van der Waals surface area (Å²) in [6.07, 6.45) is 2.00. The van der Waals surface area contributed by atoms with Gasteiger partial charge in [-0.25, -0.2) is 8.42 Å². The molecule has 0 aromatic heterocycles. The maximum absolute atomic E-state index is 14.2. The zero-order chi connectivity index (χ0) is 30.7. The fraction of sp³-hybridized carbons (Fsp3) is 0.355. The van der Waals surface area contributed by atoms with Gasteiger partial charge in [0.2, 0.25) is 11.8 Å². The Kier molecular flexibility index (Phi) is 12.1. The van der Waals surface area contributed by atoms with Crippen LogP contribution in [0.25, 0.3) is 0 Å². The van der Waals surface area contributed by atoms with Crippen LogP contribution in [-0.2, 0) is 26.2 Å². The second kappa shape index (κ2) is 15.5. The molecule has 0 aliphatic heterocycles. The molecule has 1 N–H and O–H groups in total. The van der Waals surface area contributed by atoms with Crippen molar-refractivity contribution < 1.29 is 27.5 Å². The summed E-state index contributed by atoms with van der Waals surface area (Å²) in [4.78, 5) is 28.9. The number of nitrogens with zero attached hydrogens (tertiary/aromatic N) is 2. The first-order chi connectivity index (χ1) is 20.2. The van der Waals surface area contributed by atoms with E-state index in [0.29, 0.717) is 29.3 Å². The van der Waals surface area contributed by atoms with Gasteiger partial charge in [-0.2, -0.15) is 0 Å². The van der Waals surface area contributed by atoms with Gasteiger partial charge in [-0.05, 0) is 48.7 Å². The molecule has 9 nitrogen and oxygen atoms in total. The third kappa shape index (κ3) is 7.95. The van der Waals surface area contributed by atoms with Gasteiger partial charge in [0.15, 0.2) is 0 Å². The van der Waals surface area contributed by atoms with Crippen LogP contribution in [-0.4, -0.2) is 58.5 Å². The SMILES string of the molecule is CCCCNC(=O)[C@H](CC)N(Cc1ccccc1Cl)C(=O)CN(c1cc(OC)ccc1OC)S(=O)(=O)c1ccccc1. The number of sulfonamides is 1. The number of amides is 2. The third-order valence-corrected chi connectivity index (χ3v) is 8.92. The Bertz CT molecular complexity index is 1450. The van der Waals surface area contributed by atoms with Gasteiger partial charge in [0.05, 0.1) is 24.8 Å². The molecule has 0 spiro atoms. The van der Waals surface area contributed by atoms with E-state index < -0.39 is 28.5 Å². The third-order valence-electron chi connectivity index (χ3n) is 6.78. The quantitative estimate of drug-likeness (QED) is 0.233. The second-order valence-corrected chi connectivity index (χ2v) is 11.8. The topological polar surface area (TPSA) is 105 Å². The van der Waals surface area contributed by atoms with Crippen LogP contribution in [0.2, 0.25) is 5.02 Å². The highest BCUT2D eigenvalue weighted by Crippen LogP contribution is 2.36. The number of benzene rings is 3. The lowest BCUT2D eigenvalue weighted by atomic mass is 10.1. The number of hydrogen-bond donors (Lipinski definition) is 1. The fourth-order valence-electron chi connectivity index (χ4n) is 4.46. The molecule has 2 amide bonds. The van der Waals surface area contributed by atoms with E-state index in [0.717, 1.165) is 17.1 Å². The van der Waals surface area contributed by atoms with Crippen molar-refractivity contribution in [3.05, 3.63) is 83.4 Å². The van der Waals surface area contributed by atoms with Crippen molar-refractivity contribution in [1.82, 2.24) is 10.2 Å². The highest BCUT2D eigenvalue weighted by atomic mass is 35.5. The Morgan fingerprint density at radius 3 is 2.26 bits per heavy atom. The number of carbonyl (C=O) groups excluding carboxylic acids is 2. The van der Waals surface area contributed by atoms with Crippen LogP contribution in [0, 0.1) is 0 Å². The molecule has 0 fully saturated rings. The minimum absolute atomic E-state index is 0.00663. The molecule has 3 aromatic carbocycles. The van der Waals surface area contributed by atoms with Crippen molar-refractivity contribution in [2.75, 3.05) is 31.6 Å². The summed E-state index contributed by atoms with van der Waals surface area (Å²) in [6.45, 7) is 3.69. The molecule has 0 heterocycles. The van der Waals surface area contributed by atoms with Crippen molar-refractivity contribution in [2.45, 2.75) is 50.6 Å². The molecule has 226 valence electrons. The molecule has 11 heteroatoms. The molecule has 0 aliphatic carbocycles. The van der Waals surface area contributed by atoms with E-state index in [1.54, 1.807) is 61.5 Å². The summed E-state index contributed by atoms with van der Waals surface area (Å²) >= 11 is 6.45. The van der Waals surface area contributed by atoms with Gasteiger partial charge in [-0.1, -0.05) is 68.3 Å². The molecule has 0 saturated heterocycles. The van der Waals surface area contributed by atoms with Gasteiger partial charge in [-0.15, -0.1) is 0 Å². The number of rotatable bonds is 15. The summed E-state index contributed by atoms with van der Waals surface area (Å²) in [6, 6.07) is 18.7. The average Bonchev–Trinajstić information content (AvgIpc) is 3.00. The van der Waals surface area contributed by atoms with Crippen molar-refractivity contribution >= 4 is 39.1 Å². The van der Waals surface area contributed by atoms with Crippen molar-refractivity contribution in [3.63, 3.8) is 0 Å². The molecular weight excluding hydrogens is 578 g/mol. The molecule has 1 atom stereocenters. The highest BCUT2D eigenvalue weighted by Gasteiger charge is 2.35. The molecular formula is C31H38ClN3O6S. The smallest absolute Gasteiger partial charge is 0.264 e. The van der Waals surface area contributed by atoms with E-state index in [9.17, 15) is 18.0 Å². The van der Waals surface area contributed by atoms with Crippen LogP contribution in [0.1, 0.15) is 38.7 Å². The van der Waals surface area contributed by atoms with Gasteiger partial charge >= 0.3 is 0 Å². The number of methoxy groups -OCH3 is 2. The van der Waals surface area contributed by atoms with E-state index in [2.05, 4.69) is 5.32 Å². The van der Waals surface area contributed by atoms with Crippen molar-refractivity contribution in [1.29, 1.82) is 0 Å². The van der Waals surface area contributed by atoms with Crippen LogP contribution in [0.5, 0.6) is 11.5 Å². The van der Waals surface area contributed by atoms with Crippen molar-refractivity contribution in [2.24, 2.45) is 0 Å². The zero-order valence-corrected chi connectivity index (χ0v) is 26.0. The Morgan fingerprint density at radius 1 is 0.952 bits per heavy atom. The predicted octanol–water partition coefficient (Wildman–Crippen LogP) is 5.28. The Morgan fingerprint density at radius 2 is 1.64 bits per heavy atom. The fourth-order valence-corrected chi connectivity index (χ4v) is 6.09. The summed E-state index contributed by atoms with van der Waals surface area (Å²) < 4.78 is 40.0. The van der Waals surface area contributed by atoms with E-state index in [1.807, 2.05) is 6.92 Å². The maximum atomic E-state index is 14.2. The van der Waals surface area contributed by atoms with Gasteiger partial charge in [0.1, 0.15) is 24.1 Å². The lowest BCUT2D eigenvalue weighted by molar-refractivity contribution is -0.140. The summed E-state index contributed by atoms with van der Waals surface area (Å²) in [5.74, 6) is -0.300. The molecule has 0 saturated carbocycles. The number of carbonyl (C=O) groups is 2. The number of nitrogens with one attached hydrogen (secondary N) is 1. The number of unbranched alkanes of at least 4 members (excludes halogenated alkanes) is 1. The first-order valence-corrected chi connectivity index (χ1v) is 15.6. The van der Waals surface area contributed by atoms with E-state index in [1.165, 1.54) is 37.3 Å². The average molecular weight is 616 g/mol. The van der Waals surface area contributed by atoms with Crippen LogP contribution in [0.4, 0.5) is 5.69 Å². The summed E-state index contributed by atoms with van der Waals surface area (Å²) in [7, 11) is -1.39. The normalized spacial score (nSPS) is 11.8. The monoisotopic (exact) mass is 615 g/mol. The number of hydrogen-bond acceptors (Lipinski definition) is 6. The molecule has 0 aliphatic rings. The van der Waals surface area contributed by atoms with Gasteiger partial charge in [0, 0.05) is 24.2 Å².